The molecule has 14 heteroatoms. The number of fused-ring (bicyclic) bond motifs is 5. The van der Waals surface area contributed by atoms with Crippen LogP contribution in [-0.4, -0.2) is 43.6 Å². The number of carbonyl (C=O) groups excluding carboxylic acids is 4. The third kappa shape index (κ3) is 5.63. The van der Waals surface area contributed by atoms with Crippen LogP contribution in [0.2, 0.25) is 10.0 Å². The Bertz CT molecular complexity index is 2550. The van der Waals surface area contributed by atoms with Gasteiger partial charge in [-0.1, -0.05) is 108 Å². The molecular formula is C43H31Cl2F3N4O5. The van der Waals surface area contributed by atoms with Gasteiger partial charge < -0.3 is 5.11 Å². The van der Waals surface area contributed by atoms with Crippen LogP contribution in [0.1, 0.15) is 41.0 Å². The molecule has 1 aromatic heterocycles. The van der Waals surface area contributed by atoms with Gasteiger partial charge in [0.15, 0.2) is 5.82 Å². The van der Waals surface area contributed by atoms with E-state index >= 15 is 9.59 Å². The number of aromatic hydroxyl groups is 1. The number of hydrogen-bond acceptors (Lipinski definition) is 7. The summed E-state index contributed by atoms with van der Waals surface area (Å²) in [5.74, 6) is -7.41. The van der Waals surface area contributed by atoms with Crippen molar-refractivity contribution in [3.8, 4) is 5.75 Å². The van der Waals surface area contributed by atoms with Gasteiger partial charge in [0.25, 0.3) is 11.8 Å². The average molecular weight is 812 g/mol. The van der Waals surface area contributed by atoms with Crippen molar-refractivity contribution in [2.75, 3.05) is 5.43 Å². The van der Waals surface area contributed by atoms with E-state index in [1.54, 1.807) is 42.5 Å². The lowest BCUT2D eigenvalue weighted by molar-refractivity contribution is -0.142. The quantitative estimate of drug-likeness (QED) is 0.131. The molecule has 0 radical (unpaired) electrons. The molecule has 3 heterocycles. The van der Waals surface area contributed by atoms with Crippen LogP contribution in [0.5, 0.6) is 5.75 Å². The number of benzene rings is 4. The molecular weight excluding hydrogens is 780 g/mol. The fourth-order valence-electron chi connectivity index (χ4n) is 9.67. The van der Waals surface area contributed by atoms with E-state index in [4.69, 9.17) is 23.2 Å². The third-order valence-corrected chi connectivity index (χ3v) is 12.6. The molecule has 57 heavy (non-hydrogen) atoms. The minimum atomic E-state index is -4.76. The SMILES string of the molecule is O=C1C2CC=C3C(CC4C(=O)N(Nc5ncc(C(F)(F)F)cc5Cl)C(=O)C4(c4ccc(Cl)cc4)C3c3c(O)ccc4ccccc34)C2C(=O)N1Cc1ccccc1. The van der Waals surface area contributed by atoms with Gasteiger partial charge in [-0.15, -0.1) is 0 Å². The number of pyridine rings is 1. The highest BCUT2D eigenvalue weighted by Crippen LogP contribution is 2.65. The number of anilines is 1. The van der Waals surface area contributed by atoms with E-state index < -0.39 is 69.5 Å². The van der Waals surface area contributed by atoms with Crippen molar-refractivity contribution in [1.29, 1.82) is 0 Å². The van der Waals surface area contributed by atoms with Gasteiger partial charge in [0.1, 0.15) is 5.75 Å². The van der Waals surface area contributed by atoms with E-state index in [2.05, 4.69) is 10.4 Å². The average Bonchev–Trinajstić information content (AvgIpc) is 3.56. The molecule has 9 nitrogen and oxygen atoms in total. The van der Waals surface area contributed by atoms with Crippen molar-refractivity contribution in [3.63, 3.8) is 0 Å². The number of likely N-dealkylation sites (tertiary alicyclic amines) is 1. The summed E-state index contributed by atoms with van der Waals surface area (Å²) in [4.78, 5) is 64.2. The summed E-state index contributed by atoms with van der Waals surface area (Å²) in [5, 5.41) is 13.8. The van der Waals surface area contributed by atoms with Crippen LogP contribution >= 0.6 is 23.2 Å². The number of alkyl halides is 3. The molecule has 2 aliphatic heterocycles. The molecule has 288 valence electrons. The van der Waals surface area contributed by atoms with E-state index in [0.717, 1.165) is 16.0 Å². The van der Waals surface area contributed by atoms with Crippen LogP contribution in [0.25, 0.3) is 10.8 Å². The summed E-state index contributed by atoms with van der Waals surface area (Å²) < 4.78 is 40.6. The predicted octanol–water partition coefficient (Wildman–Crippen LogP) is 8.45. The Labute approximate surface area is 333 Å². The van der Waals surface area contributed by atoms with Crippen molar-refractivity contribution in [2.24, 2.45) is 23.7 Å². The molecule has 2 aliphatic carbocycles. The zero-order chi connectivity index (χ0) is 40.0. The zero-order valence-electron chi connectivity index (χ0n) is 29.7. The van der Waals surface area contributed by atoms with E-state index in [9.17, 15) is 27.9 Å². The Morgan fingerprint density at radius 1 is 0.860 bits per heavy atom. The Kier molecular flexibility index (Phi) is 8.71. The Hall–Kier alpha value is -5.72. The molecule has 9 rings (SSSR count). The fraction of sp³-hybridized carbons (Fsp3) is 0.233. The smallest absolute Gasteiger partial charge is 0.417 e. The normalized spacial score (nSPS) is 25.7. The van der Waals surface area contributed by atoms with Crippen LogP contribution in [-0.2, 0) is 37.3 Å². The van der Waals surface area contributed by atoms with Crippen LogP contribution in [0.3, 0.4) is 0 Å². The number of hydrazine groups is 1. The number of nitrogens with zero attached hydrogens (tertiary/aromatic N) is 3. The first kappa shape index (κ1) is 36.9. The predicted molar refractivity (Wildman–Crippen MR) is 204 cm³/mol. The summed E-state index contributed by atoms with van der Waals surface area (Å²) in [6.45, 7) is 0.0647. The van der Waals surface area contributed by atoms with Gasteiger partial charge in [0, 0.05) is 22.7 Å². The highest BCUT2D eigenvalue weighted by molar-refractivity contribution is 6.33. The first-order valence-electron chi connectivity index (χ1n) is 18.2. The van der Waals surface area contributed by atoms with Crippen LogP contribution in [0, 0.1) is 23.7 Å². The van der Waals surface area contributed by atoms with E-state index in [-0.39, 0.29) is 36.9 Å². The van der Waals surface area contributed by atoms with Crippen LogP contribution < -0.4 is 5.43 Å². The van der Waals surface area contributed by atoms with E-state index in [1.807, 2.05) is 48.5 Å². The number of aromatic nitrogens is 1. The summed E-state index contributed by atoms with van der Waals surface area (Å²) >= 11 is 12.7. The summed E-state index contributed by atoms with van der Waals surface area (Å²) in [7, 11) is 0. The maximum Gasteiger partial charge on any atom is 0.417 e. The van der Waals surface area contributed by atoms with Gasteiger partial charge in [-0.2, -0.15) is 18.2 Å². The van der Waals surface area contributed by atoms with Gasteiger partial charge in [0.2, 0.25) is 11.8 Å². The number of carbonyl (C=O) groups is 4. The topological polar surface area (TPSA) is 120 Å². The lowest BCUT2D eigenvalue weighted by Crippen LogP contribution is -2.53. The Morgan fingerprint density at radius 2 is 1.58 bits per heavy atom. The molecule has 4 aliphatic rings. The lowest BCUT2D eigenvalue weighted by Gasteiger charge is -2.51. The van der Waals surface area contributed by atoms with Crippen LogP contribution in [0.4, 0.5) is 19.0 Å². The van der Waals surface area contributed by atoms with Crippen molar-refractivity contribution in [2.45, 2.75) is 36.9 Å². The first-order chi connectivity index (χ1) is 27.3. The minimum absolute atomic E-state index is 0.0488. The second kappa shape index (κ2) is 13.5. The number of halogens is 5. The Balaban J connectivity index is 1.25. The molecule has 1 saturated carbocycles. The van der Waals surface area contributed by atoms with Crippen LogP contribution in [0.15, 0.2) is 115 Å². The maximum absolute atomic E-state index is 15.5. The number of rotatable bonds is 6. The van der Waals surface area contributed by atoms with Crippen molar-refractivity contribution >= 4 is 63.4 Å². The molecule has 5 aromatic rings. The minimum Gasteiger partial charge on any atom is -0.508 e. The number of hydrogen-bond donors (Lipinski definition) is 2. The number of imide groups is 2. The molecule has 3 fully saturated rings. The molecule has 0 bridgehead atoms. The fourth-order valence-corrected chi connectivity index (χ4v) is 10.0. The van der Waals surface area contributed by atoms with E-state index in [0.29, 0.717) is 39.4 Å². The number of allylic oxidation sites excluding steroid dienone is 2. The molecule has 2 N–H and O–H groups in total. The Morgan fingerprint density at radius 3 is 2.30 bits per heavy atom. The summed E-state index contributed by atoms with van der Waals surface area (Å²) in [5.41, 5.74) is 1.81. The first-order valence-corrected chi connectivity index (χ1v) is 19.0. The number of amides is 4. The third-order valence-electron chi connectivity index (χ3n) is 12.1. The molecule has 2 saturated heterocycles. The summed E-state index contributed by atoms with van der Waals surface area (Å²) in [6, 6.07) is 26.8. The maximum atomic E-state index is 15.5. The van der Waals surface area contributed by atoms with Crippen molar-refractivity contribution in [3.05, 3.63) is 147 Å². The number of phenols is 1. The number of nitrogens with one attached hydrogen (secondary N) is 1. The zero-order valence-corrected chi connectivity index (χ0v) is 31.2. The van der Waals surface area contributed by atoms with Gasteiger partial charge in [-0.3, -0.25) is 29.5 Å². The van der Waals surface area contributed by atoms with Crippen molar-refractivity contribution in [1.82, 2.24) is 14.9 Å². The van der Waals surface area contributed by atoms with Gasteiger partial charge in [0.05, 0.1) is 40.3 Å². The summed E-state index contributed by atoms with van der Waals surface area (Å²) in [6.07, 6.45) is -2.21. The highest BCUT2D eigenvalue weighted by atomic mass is 35.5. The molecule has 6 atom stereocenters. The largest absolute Gasteiger partial charge is 0.508 e. The number of phenolic OH excluding ortho intramolecular Hbond substituents is 1. The van der Waals surface area contributed by atoms with Crippen molar-refractivity contribution < 1.29 is 37.5 Å². The van der Waals surface area contributed by atoms with E-state index in [1.165, 1.54) is 11.0 Å². The highest BCUT2D eigenvalue weighted by Gasteiger charge is 2.71. The second-order valence-electron chi connectivity index (χ2n) is 14.9. The van der Waals surface area contributed by atoms with Gasteiger partial charge in [-0.05, 0) is 64.9 Å². The molecule has 0 spiro atoms. The molecule has 4 amide bonds. The second-order valence-corrected chi connectivity index (χ2v) is 15.7. The lowest BCUT2D eigenvalue weighted by atomic mass is 9.48. The molecule has 4 aromatic carbocycles. The molecule has 6 unspecified atom stereocenters. The van der Waals surface area contributed by atoms with Gasteiger partial charge in [-0.25, -0.2) is 4.98 Å². The standard InChI is InChI=1S/C43H31Cl2F3N4O5/c44-26-13-11-24(12-14-26)42-31(39(55)52(41(42)57)50-37-32(45)18-25(20-49-37)43(46,47)48)19-30-28(36(42)35-27-9-5-4-8-23(27)10-17-33(35)53)15-16-29-34(30)40(56)51(38(29)54)21-22-6-2-1-3-7-22/h1-15,17-18,20,29-31,34,36,53H,16,19,21H2,(H,49,50). The monoisotopic (exact) mass is 810 g/mol. The van der Waals surface area contributed by atoms with Gasteiger partial charge >= 0.3 is 6.18 Å².